The van der Waals surface area contributed by atoms with E-state index in [-0.39, 0.29) is 0 Å². The van der Waals surface area contributed by atoms with Crippen molar-refractivity contribution in [2.24, 2.45) is 0 Å². The Balaban J connectivity index is 2.23. The van der Waals surface area contributed by atoms with E-state index in [0.717, 1.165) is 18.8 Å². The van der Waals surface area contributed by atoms with Gasteiger partial charge < -0.3 is 5.32 Å². The van der Waals surface area contributed by atoms with E-state index in [1.165, 1.54) is 22.5 Å². The molecule has 0 fully saturated rings. The van der Waals surface area contributed by atoms with Crippen molar-refractivity contribution in [3.05, 3.63) is 42.0 Å². The first-order chi connectivity index (χ1) is 7.72. The SMILES string of the molecule is C=C(CNCCC)CSc1ccc(C)cc1. The average molecular weight is 235 g/mol. The van der Waals surface area contributed by atoms with Crippen LogP contribution in [-0.4, -0.2) is 18.8 Å². The lowest BCUT2D eigenvalue weighted by Gasteiger charge is -2.07. The van der Waals surface area contributed by atoms with Crippen LogP contribution in [-0.2, 0) is 0 Å². The Bertz CT molecular complexity index is 316. The third-order valence-corrected chi connectivity index (χ3v) is 3.42. The number of rotatable bonds is 7. The molecule has 1 nitrogen and oxygen atoms in total. The van der Waals surface area contributed by atoms with Crippen LogP contribution in [0.25, 0.3) is 0 Å². The molecule has 2 heteroatoms. The van der Waals surface area contributed by atoms with Crippen molar-refractivity contribution in [1.29, 1.82) is 0 Å². The summed E-state index contributed by atoms with van der Waals surface area (Å²) in [6, 6.07) is 8.65. The Labute approximate surface area is 103 Å². The van der Waals surface area contributed by atoms with E-state index < -0.39 is 0 Å². The van der Waals surface area contributed by atoms with Gasteiger partial charge in [-0.2, -0.15) is 0 Å². The van der Waals surface area contributed by atoms with Crippen molar-refractivity contribution in [2.45, 2.75) is 25.2 Å². The zero-order chi connectivity index (χ0) is 11.8. The van der Waals surface area contributed by atoms with Crippen molar-refractivity contribution < 1.29 is 0 Å². The quantitative estimate of drug-likeness (QED) is 0.440. The molecule has 0 spiro atoms. The Morgan fingerprint density at radius 3 is 2.62 bits per heavy atom. The summed E-state index contributed by atoms with van der Waals surface area (Å²) >= 11 is 1.86. The summed E-state index contributed by atoms with van der Waals surface area (Å²) in [4.78, 5) is 1.32. The van der Waals surface area contributed by atoms with Gasteiger partial charge in [-0.1, -0.05) is 36.8 Å². The van der Waals surface area contributed by atoms with Crippen molar-refractivity contribution >= 4 is 11.8 Å². The smallest absolute Gasteiger partial charge is 0.0200 e. The maximum atomic E-state index is 4.08. The summed E-state index contributed by atoms with van der Waals surface area (Å²) < 4.78 is 0. The van der Waals surface area contributed by atoms with Gasteiger partial charge in [-0.25, -0.2) is 0 Å². The fourth-order valence-corrected chi connectivity index (χ4v) is 2.11. The van der Waals surface area contributed by atoms with Crippen LogP contribution in [0.4, 0.5) is 0 Å². The molecular formula is C14H21NS. The zero-order valence-electron chi connectivity index (χ0n) is 10.3. The van der Waals surface area contributed by atoms with Gasteiger partial charge in [0.25, 0.3) is 0 Å². The molecule has 0 unspecified atom stereocenters. The highest BCUT2D eigenvalue weighted by Crippen LogP contribution is 2.19. The molecule has 0 aliphatic heterocycles. The Morgan fingerprint density at radius 1 is 1.31 bits per heavy atom. The summed E-state index contributed by atoms with van der Waals surface area (Å²) in [5.74, 6) is 1.000. The predicted octanol–water partition coefficient (Wildman–Crippen LogP) is 3.64. The molecule has 0 bridgehead atoms. The zero-order valence-corrected chi connectivity index (χ0v) is 11.1. The molecule has 0 aliphatic rings. The van der Waals surface area contributed by atoms with Gasteiger partial charge in [-0.05, 0) is 32.0 Å². The summed E-state index contributed by atoms with van der Waals surface area (Å²) in [6.07, 6.45) is 1.18. The van der Waals surface area contributed by atoms with E-state index in [9.17, 15) is 0 Å². The van der Waals surface area contributed by atoms with Crippen molar-refractivity contribution in [3.63, 3.8) is 0 Å². The number of hydrogen-bond acceptors (Lipinski definition) is 2. The topological polar surface area (TPSA) is 12.0 Å². The number of hydrogen-bond donors (Lipinski definition) is 1. The minimum absolute atomic E-state index is 0.937. The summed E-state index contributed by atoms with van der Waals surface area (Å²) in [6.45, 7) is 10.4. The van der Waals surface area contributed by atoms with Crippen LogP contribution in [0.5, 0.6) is 0 Å². The second kappa shape index (κ2) is 7.53. The molecule has 88 valence electrons. The first-order valence-electron chi connectivity index (χ1n) is 5.79. The first kappa shape index (κ1) is 13.3. The van der Waals surface area contributed by atoms with E-state index >= 15 is 0 Å². The highest BCUT2D eigenvalue weighted by molar-refractivity contribution is 7.99. The lowest BCUT2D eigenvalue weighted by molar-refractivity contribution is 0.716. The van der Waals surface area contributed by atoms with Gasteiger partial charge in [0.15, 0.2) is 0 Å². The molecule has 1 aromatic rings. The van der Waals surface area contributed by atoms with E-state index in [2.05, 4.69) is 50.0 Å². The van der Waals surface area contributed by atoms with Gasteiger partial charge in [0, 0.05) is 17.2 Å². The average Bonchev–Trinajstić information content (AvgIpc) is 2.29. The summed E-state index contributed by atoms with van der Waals surface area (Å²) in [5.41, 5.74) is 2.58. The van der Waals surface area contributed by atoms with Crippen LogP contribution in [0.3, 0.4) is 0 Å². The molecule has 0 atom stereocenters. The van der Waals surface area contributed by atoms with Crippen LogP contribution >= 0.6 is 11.8 Å². The summed E-state index contributed by atoms with van der Waals surface area (Å²) in [5, 5.41) is 3.37. The van der Waals surface area contributed by atoms with E-state index in [1.807, 2.05) is 11.8 Å². The van der Waals surface area contributed by atoms with Crippen LogP contribution in [0.1, 0.15) is 18.9 Å². The van der Waals surface area contributed by atoms with Crippen LogP contribution < -0.4 is 5.32 Å². The molecule has 0 radical (unpaired) electrons. The molecule has 16 heavy (non-hydrogen) atoms. The maximum Gasteiger partial charge on any atom is 0.0200 e. The van der Waals surface area contributed by atoms with Crippen molar-refractivity contribution in [2.75, 3.05) is 18.8 Å². The van der Waals surface area contributed by atoms with Crippen LogP contribution in [0.2, 0.25) is 0 Å². The van der Waals surface area contributed by atoms with Gasteiger partial charge in [-0.15, -0.1) is 11.8 Å². The first-order valence-corrected chi connectivity index (χ1v) is 6.77. The van der Waals surface area contributed by atoms with Gasteiger partial charge in [0.05, 0.1) is 0 Å². The van der Waals surface area contributed by atoms with E-state index in [1.54, 1.807) is 0 Å². The summed E-state index contributed by atoms with van der Waals surface area (Å²) in [7, 11) is 0. The number of aryl methyl sites for hydroxylation is 1. The van der Waals surface area contributed by atoms with Gasteiger partial charge in [-0.3, -0.25) is 0 Å². The minimum Gasteiger partial charge on any atom is -0.313 e. The molecule has 1 aromatic carbocycles. The monoisotopic (exact) mass is 235 g/mol. The number of benzene rings is 1. The maximum absolute atomic E-state index is 4.08. The molecular weight excluding hydrogens is 214 g/mol. The van der Waals surface area contributed by atoms with Crippen LogP contribution in [0.15, 0.2) is 41.3 Å². The fourth-order valence-electron chi connectivity index (χ4n) is 1.31. The van der Waals surface area contributed by atoms with Crippen molar-refractivity contribution in [3.8, 4) is 0 Å². The largest absolute Gasteiger partial charge is 0.313 e. The Morgan fingerprint density at radius 2 is 2.00 bits per heavy atom. The molecule has 0 aromatic heterocycles. The van der Waals surface area contributed by atoms with Crippen molar-refractivity contribution in [1.82, 2.24) is 5.32 Å². The lowest BCUT2D eigenvalue weighted by atomic mass is 10.2. The third-order valence-electron chi connectivity index (χ3n) is 2.27. The van der Waals surface area contributed by atoms with E-state index in [0.29, 0.717) is 0 Å². The second-order valence-corrected chi connectivity index (χ2v) is 5.08. The Kier molecular flexibility index (Phi) is 6.27. The lowest BCUT2D eigenvalue weighted by Crippen LogP contribution is -2.18. The number of thioether (sulfide) groups is 1. The fraction of sp³-hybridized carbons (Fsp3) is 0.429. The second-order valence-electron chi connectivity index (χ2n) is 4.03. The minimum atomic E-state index is 0.937. The molecule has 0 heterocycles. The normalized spacial score (nSPS) is 10.4. The molecule has 0 amide bonds. The molecule has 1 N–H and O–H groups in total. The highest BCUT2D eigenvalue weighted by atomic mass is 32.2. The molecule has 0 saturated heterocycles. The molecule has 0 aliphatic carbocycles. The highest BCUT2D eigenvalue weighted by Gasteiger charge is 1.97. The van der Waals surface area contributed by atoms with E-state index in [4.69, 9.17) is 0 Å². The Hall–Kier alpha value is -0.730. The van der Waals surface area contributed by atoms with Gasteiger partial charge in [0.2, 0.25) is 0 Å². The van der Waals surface area contributed by atoms with Crippen LogP contribution in [0, 0.1) is 6.92 Å². The number of nitrogens with one attached hydrogen (secondary N) is 1. The molecule has 0 saturated carbocycles. The third kappa shape index (κ3) is 5.38. The predicted molar refractivity (Wildman–Crippen MR) is 74.2 cm³/mol. The van der Waals surface area contributed by atoms with Gasteiger partial charge in [0.1, 0.15) is 0 Å². The standard InChI is InChI=1S/C14H21NS/c1-4-9-15-10-13(3)11-16-14-7-5-12(2)6-8-14/h5-8,15H,3-4,9-11H2,1-2H3. The molecule has 1 rings (SSSR count). The van der Waals surface area contributed by atoms with Gasteiger partial charge >= 0.3 is 0 Å².